The molecule has 94 valence electrons. The molecule has 1 heterocycles. The van der Waals surface area contributed by atoms with Crippen LogP contribution < -0.4 is 4.74 Å². The van der Waals surface area contributed by atoms with E-state index in [1.54, 1.807) is 12.4 Å². The second-order valence-corrected chi connectivity index (χ2v) is 5.01. The highest BCUT2D eigenvalue weighted by molar-refractivity contribution is 5.08. The van der Waals surface area contributed by atoms with Crippen molar-refractivity contribution >= 4 is 0 Å². The number of hydrogen-bond acceptors (Lipinski definition) is 4. The molecule has 1 aromatic rings. The fourth-order valence-electron chi connectivity index (χ4n) is 2.30. The number of hydrogen-bond donors (Lipinski definition) is 1. The molecule has 17 heavy (non-hydrogen) atoms. The van der Waals surface area contributed by atoms with Crippen molar-refractivity contribution in [3.8, 4) is 5.88 Å². The van der Waals surface area contributed by atoms with Crippen molar-refractivity contribution in [2.24, 2.45) is 11.8 Å². The molecule has 0 bridgehead atoms. The molecule has 1 N–H and O–H groups in total. The monoisotopic (exact) mass is 236 g/mol. The molecule has 3 unspecified atom stereocenters. The van der Waals surface area contributed by atoms with Gasteiger partial charge in [-0.25, -0.2) is 4.98 Å². The van der Waals surface area contributed by atoms with Crippen LogP contribution in [0.2, 0.25) is 0 Å². The minimum atomic E-state index is -0.0949. The smallest absolute Gasteiger partial charge is 0.232 e. The van der Waals surface area contributed by atoms with E-state index in [9.17, 15) is 0 Å². The molecule has 0 radical (unpaired) electrons. The van der Waals surface area contributed by atoms with E-state index in [4.69, 9.17) is 9.84 Å². The second kappa shape index (κ2) is 5.45. The Morgan fingerprint density at radius 1 is 1.29 bits per heavy atom. The largest absolute Gasteiger partial charge is 0.473 e. The van der Waals surface area contributed by atoms with Crippen molar-refractivity contribution in [1.82, 2.24) is 9.97 Å². The lowest BCUT2D eigenvalue weighted by atomic mass is 9.80. The zero-order valence-corrected chi connectivity index (χ0v) is 10.5. The number of aliphatic hydroxyl groups excluding tert-OH is 1. The van der Waals surface area contributed by atoms with Gasteiger partial charge in [-0.2, -0.15) is 0 Å². The van der Waals surface area contributed by atoms with Crippen molar-refractivity contribution in [2.45, 2.75) is 45.8 Å². The quantitative estimate of drug-likeness (QED) is 0.874. The first kappa shape index (κ1) is 12.3. The minimum Gasteiger partial charge on any atom is -0.473 e. The van der Waals surface area contributed by atoms with Crippen LogP contribution in [0.25, 0.3) is 0 Å². The molecular formula is C13H20N2O2. The maximum absolute atomic E-state index is 8.99. The predicted octanol–water partition coefficient (Wildman–Crippen LogP) is 2.17. The van der Waals surface area contributed by atoms with Crippen LogP contribution in [-0.2, 0) is 6.61 Å². The summed E-state index contributed by atoms with van der Waals surface area (Å²) in [6, 6.07) is 0. The molecule has 1 aromatic heterocycles. The Bertz CT molecular complexity index is 370. The first-order chi connectivity index (χ1) is 8.19. The molecule has 4 heteroatoms. The molecule has 0 aliphatic heterocycles. The van der Waals surface area contributed by atoms with Crippen molar-refractivity contribution in [1.29, 1.82) is 0 Å². The molecule has 1 fully saturated rings. The van der Waals surface area contributed by atoms with Crippen LogP contribution in [0.15, 0.2) is 12.4 Å². The first-order valence-electron chi connectivity index (χ1n) is 6.27. The Labute approximate surface area is 102 Å². The topological polar surface area (TPSA) is 55.2 Å². The molecule has 4 nitrogen and oxygen atoms in total. The van der Waals surface area contributed by atoms with Crippen LogP contribution >= 0.6 is 0 Å². The van der Waals surface area contributed by atoms with Gasteiger partial charge in [0.1, 0.15) is 6.10 Å². The Morgan fingerprint density at radius 2 is 2.12 bits per heavy atom. The lowest BCUT2D eigenvalue weighted by Gasteiger charge is -2.31. The summed E-state index contributed by atoms with van der Waals surface area (Å²) in [5.74, 6) is 2.01. The van der Waals surface area contributed by atoms with Gasteiger partial charge < -0.3 is 9.84 Å². The van der Waals surface area contributed by atoms with E-state index < -0.39 is 0 Å². The lowest BCUT2D eigenvalue weighted by Crippen LogP contribution is -2.29. The summed E-state index contributed by atoms with van der Waals surface area (Å²) in [6.07, 6.45) is 6.77. The highest BCUT2D eigenvalue weighted by Gasteiger charge is 2.26. The lowest BCUT2D eigenvalue weighted by molar-refractivity contribution is 0.0954. The second-order valence-electron chi connectivity index (χ2n) is 5.01. The summed E-state index contributed by atoms with van der Waals surface area (Å²) < 4.78 is 5.83. The van der Waals surface area contributed by atoms with E-state index in [-0.39, 0.29) is 12.7 Å². The van der Waals surface area contributed by atoms with E-state index in [1.165, 1.54) is 6.42 Å². The number of nitrogens with zero attached hydrogens (tertiary/aromatic N) is 2. The van der Waals surface area contributed by atoms with E-state index in [2.05, 4.69) is 23.8 Å². The zero-order chi connectivity index (χ0) is 12.3. The molecule has 0 aromatic carbocycles. The minimum absolute atomic E-state index is 0.0949. The summed E-state index contributed by atoms with van der Waals surface area (Å²) in [4.78, 5) is 8.20. The maximum Gasteiger partial charge on any atom is 0.232 e. The molecule has 3 atom stereocenters. The van der Waals surface area contributed by atoms with E-state index in [1.807, 2.05) is 0 Å². The van der Waals surface area contributed by atoms with Crippen molar-refractivity contribution in [2.75, 3.05) is 0 Å². The standard InChI is InChI=1S/C13H20N2O2/c1-9-3-4-12(5-10(9)2)17-13-7-14-6-11(8-16)15-13/h6-7,9-10,12,16H,3-5,8H2,1-2H3. The number of aliphatic hydroxyl groups is 1. The van der Waals surface area contributed by atoms with Gasteiger partial charge in [-0.15, -0.1) is 0 Å². The average molecular weight is 236 g/mol. The Morgan fingerprint density at radius 3 is 2.82 bits per heavy atom. The van der Waals surface area contributed by atoms with Gasteiger partial charge in [-0.3, -0.25) is 4.98 Å². The van der Waals surface area contributed by atoms with Gasteiger partial charge in [0.25, 0.3) is 0 Å². The van der Waals surface area contributed by atoms with Crippen LogP contribution in [0.5, 0.6) is 5.88 Å². The van der Waals surface area contributed by atoms with Crippen molar-refractivity contribution in [3.05, 3.63) is 18.1 Å². The predicted molar refractivity (Wildman–Crippen MR) is 64.5 cm³/mol. The summed E-state index contributed by atoms with van der Waals surface area (Å²) in [5.41, 5.74) is 0.555. The third-order valence-corrected chi connectivity index (χ3v) is 3.66. The first-order valence-corrected chi connectivity index (χ1v) is 6.27. The number of ether oxygens (including phenoxy) is 1. The average Bonchev–Trinajstić information content (AvgIpc) is 2.34. The van der Waals surface area contributed by atoms with Crippen LogP contribution in [-0.4, -0.2) is 21.2 Å². The van der Waals surface area contributed by atoms with Crippen LogP contribution in [0.1, 0.15) is 38.8 Å². The third kappa shape index (κ3) is 3.16. The van der Waals surface area contributed by atoms with E-state index in [0.717, 1.165) is 18.8 Å². The molecule has 0 amide bonds. The maximum atomic E-state index is 8.99. The summed E-state index contributed by atoms with van der Waals surface area (Å²) in [5, 5.41) is 8.99. The number of aromatic nitrogens is 2. The fraction of sp³-hybridized carbons (Fsp3) is 0.692. The summed E-state index contributed by atoms with van der Waals surface area (Å²) in [6.45, 7) is 4.48. The Kier molecular flexibility index (Phi) is 3.94. The van der Waals surface area contributed by atoms with Crippen LogP contribution in [0, 0.1) is 11.8 Å². The van der Waals surface area contributed by atoms with Crippen LogP contribution in [0.4, 0.5) is 0 Å². The normalized spacial score (nSPS) is 29.0. The molecular weight excluding hydrogens is 216 g/mol. The fourth-order valence-corrected chi connectivity index (χ4v) is 2.30. The van der Waals surface area contributed by atoms with Gasteiger partial charge in [-0.05, 0) is 31.1 Å². The molecule has 1 aliphatic rings. The van der Waals surface area contributed by atoms with Crippen molar-refractivity contribution < 1.29 is 9.84 Å². The van der Waals surface area contributed by atoms with Gasteiger partial charge in [0.2, 0.25) is 5.88 Å². The Hall–Kier alpha value is -1.16. The van der Waals surface area contributed by atoms with Crippen LogP contribution in [0.3, 0.4) is 0 Å². The molecule has 1 aliphatic carbocycles. The third-order valence-electron chi connectivity index (χ3n) is 3.66. The van der Waals surface area contributed by atoms with E-state index >= 15 is 0 Å². The van der Waals surface area contributed by atoms with Gasteiger partial charge in [-0.1, -0.05) is 13.8 Å². The van der Waals surface area contributed by atoms with Gasteiger partial charge >= 0.3 is 0 Å². The molecule has 0 spiro atoms. The van der Waals surface area contributed by atoms with Crippen molar-refractivity contribution in [3.63, 3.8) is 0 Å². The van der Waals surface area contributed by atoms with Gasteiger partial charge in [0.05, 0.1) is 24.7 Å². The molecule has 0 saturated heterocycles. The summed E-state index contributed by atoms with van der Waals surface area (Å²) in [7, 11) is 0. The molecule has 1 saturated carbocycles. The summed E-state index contributed by atoms with van der Waals surface area (Å²) >= 11 is 0. The van der Waals surface area contributed by atoms with E-state index in [0.29, 0.717) is 17.5 Å². The number of rotatable bonds is 3. The van der Waals surface area contributed by atoms with Gasteiger partial charge in [0.15, 0.2) is 0 Å². The Balaban J connectivity index is 1.96. The SMILES string of the molecule is CC1CCC(Oc2cncc(CO)n2)CC1C. The molecule has 2 rings (SSSR count). The van der Waals surface area contributed by atoms with Gasteiger partial charge in [0, 0.05) is 0 Å². The zero-order valence-electron chi connectivity index (χ0n) is 10.5. The highest BCUT2D eigenvalue weighted by atomic mass is 16.5. The highest BCUT2D eigenvalue weighted by Crippen LogP contribution is 2.31.